The Morgan fingerprint density at radius 1 is 1.11 bits per heavy atom. The summed E-state index contributed by atoms with van der Waals surface area (Å²) in [6.07, 6.45) is 8.46. The van der Waals surface area contributed by atoms with Crippen molar-refractivity contribution in [3.05, 3.63) is 82.3 Å². The predicted molar refractivity (Wildman–Crippen MR) is 183 cm³/mol. The Labute approximate surface area is 295 Å². The van der Waals surface area contributed by atoms with E-state index in [0.717, 1.165) is 30.2 Å². The van der Waals surface area contributed by atoms with E-state index < -0.39 is 29.3 Å². The molecule has 2 amide bonds. The second-order valence-corrected chi connectivity index (χ2v) is 14.6. The van der Waals surface area contributed by atoms with Crippen molar-refractivity contribution >= 4 is 82.2 Å². The molecule has 2 aliphatic rings. The number of carbonyl (C=O) groups is 4. The number of hydrogen-bond donors (Lipinski definition) is 3. The molecule has 250 valence electrons. The van der Waals surface area contributed by atoms with Crippen molar-refractivity contribution in [2.75, 3.05) is 17.3 Å². The molecule has 0 aliphatic carbocycles. The fourth-order valence-electron chi connectivity index (χ4n) is 5.11. The third kappa shape index (κ3) is 8.85. The molecule has 2 unspecified atom stereocenters. The van der Waals surface area contributed by atoms with Gasteiger partial charge in [-0.25, -0.2) is 23.3 Å². The standard InChI is InChI=1S/C30H29Cl2N5O6S3.CH4/c1-18-35(11-12-36(18)14-25(39)40)8-2-7-34-9-5-21(6-10-34)44-15-19-16-46-29-26(28(41)37(29)27(19)30(42)43)33-24(38)17-45-23-13-20(31)3-4-22(23)32;/h3-6,9-13,26,29H,2,7-8,14-17H2,1H3,(H-2,33,38,39,40,42,43);1H4/p+2. The number of β-lactam (4-membered cyclic amide) rings is 1. The van der Waals surface area contributed by atoms with E-state index in [0.29, 0.717) is 32.0 Å². The van der Waals surface area contributed by atoms with Gasteiger partial charge in [-0.15, -0.1) is 35.3 Å². The number of amides is 2. The van der Waals surface area contributed by atoms with Crippen molar-refractivity contribution in [2.24, 2.45) is 0 Å². The number of aromatic nitrogens is 3. The normalized spacial score (nSPS) is 17.1. The summed E-state index contributed by atoms with van der Waals surface area (Å²) >= 11 is 16.3. The van der Waals surface area contributed by atoms with Gasteiger partial charge in [0.15, 0.2) is 25.5 Å². The summed E-state index contributed by atoms with van der Waals surface area (Å²) in [6, 6.07) is 8.12. The summed E-state index contributed by atoms with van der Waals surface area (Å²) in [4.78, 5) is 51.8. The van der Waals surface area contributed by atoms with Gasteiger partial charge >= 0.3 is 11.9 Å². The van der Waals surface area contributed by atoms with Crippen LogP contribution in [0, 0.1) is 6.92 Å². The minimum absolute atomic E-state index is 0. The number of carboxylic acids is 2. The number of fused-ring (bicyclic) bond motifs is 1. The van der Waals surface area contributed by atoms with Gasteiger partial charge in [-0.3, -0.25) is 14.5 Å². The third-order valence-corrected chi connectivity index (χ3v) is 11.6. The largest absolute Gasteiger partial charge is 0.478 e. The van der Waals surface area contributed by atoms with Crippen LogP contribution >= 0.6 is 58.5 Å². The maximum atomic E-state index is 13.0. The minimum atomic E-state index is -1.16. The number of aliphatic carboxylic acids is 2. The van der Waals surface area contributed by atoms with Gasteiger partial charge in [0.05, 0.1) is 17.3 Å². The molecule has 16 heteroatoms. The number of carboxylic acid groups (broad SMARTS) is 2. The SMILES string of the molecule is C.Cc1n(CCC[n+]2ccc(SCC3=C(C(=O)O)N4C(=O)C(NC(=O)CSc5cc(Cl)ccc5Cl)C4SC3)cc2)cc[n+]1CC(=O)O. The summed E-state index contributed by atoms with van der Waals surface area (Å²) in [6.45, 7) is 3.36. The lowest BCUT2D eigenvalue weighted by molar-refractivity contribution is -0.698. The minimum Gasteiger partial charge on any atom is -0.478 e. The highest BCUT2D eigenvalue weighted by Crippen LogP contribution is 2.41. The quantitative estimate of drug-likeness (QED) is 0.127. The van der Waals surface area contributed by atoms with E-state index in [2.05, 4.69) is 9.88 Å². The Balaban J connectivity index is 0.00000500. The van der Waals surface area contributed by atoms with Crippen LogP contribution in [0.4, 0.5) is 0 Å². The average molecular weight is 741 g/mol. The Hall–Kier alpha value is -3.17. The molecular formula is C31H35Cl2N5O6S3+2. The summed E-state index contributed by atoms with van der Waals surface area (Å²) in [5.74, 6) is -1.08. The van der Waals surface area contributed by atoms with Crippen LogP contribution in [0.5, 0.6) is 0 Å². The van der Waals surface area contributed by atoms with Crippen LogP contribution in [0.1, 0.15) is 19.7 Å². The third-order valence-electron chi connectivity index (χ3n) is 7.47. The predicted octanol–water partition coefficient (Wildman–Crippen LogP) is 4.11. The van der Waals surface area contributed by atoms with Crippen LogP contribution in [0.3, 0.4) is 0 Å². The van der Waals surface area contributed by atoms with Gasteiger partial charge in [0.25, 0.3) is 11.7 Å². The van der Waals surface area contributed by atoms with Crippen LogP contribution in [0.25, 0.3) is 0 Å². The highest BCUT2D eigenvalue weighted by molar-refractivity contribution is 8.01. The molecule has 0 bridgehead atoms. The average Bonchev–Trinajstić information content (AvgIpc) is 3.36. The van der Waals surface area contributed by atoms with Crippen molar-refractivity contribution in [3.8, 4) is 0 Å². The van der Waals surface area contributed by atoms with Crippen molar-refractivity contribution in [1.29, 1.82) is 0 Å². The molecule has 3 N–H and O–H groups in total. The number of thioether (sulfide) groups is 3. The van der Waals surface area contributed by atoms with Gasteiger partial charge in [-0.2, -0.15) is 0 Å². The molecule has 0 spiro atoms. The molecule has 0 radical (unpaired) electrons. The first-order valence-corrected chi connectivity index (χ1v) is 18.0. The number of carbonyl (C=O) groups excluding carboxylic acids is 2. The number of halogens is 2. The van der Waals surface area contributed by atoms with E-state index in [1.807, 2.05) is 42.2 Å². The molecule has 2 atom stereocenters. The number of hydrogen-bond acceptors (Lipinski definition) is 7. The molecule has 1 fully saturated rings. The van der Waals surface area contributed by atoms with E-state index in [9.17, 15) is 24.3 Å². The maximum Gasteiger partial charge on any atom is 0.352 e. The summed E-state index contributed by atoms with van der Waals surface area (Å²) < 4.78 is 5.80. The van der Waals surface area contributed by atoms with Crippen LogP contribution in [-0.4, -0.2) is 72.1 Å². The zero-order valence-electron chi connectivity index (χ0n) is 24.6. The van der Waals surface area contributed by atoms with Gasteiger partial charge in [0.1, 0.15) is 29.5 Å². The number of benzene rings is 1. The molecule has 0 saturated carbocycles. The number of nitrogens with zero attached hydrogens (tertiary/aromatic N) is 4. The monoisotopic (exact) mass is 739 g/mol. The Bertz CT molecular complexity index is 1700. The van der Waals surface area contributed by atoms with Gasteiger partial charge in [-0.1, -0.05) is 30.6 Å². The van der Waals surface area contributed by atoms with E-state index in [1.165, 1.54) is 40.2 Å². The van der Waals surface area contributed by atoms with E-state index in [4.69, 9.17) is 28.3 Å². The maximum absolute atomic E-state index is 13.0. The molecule has 4 heterocycles. The first kappa shape index (κ1) is 36.7. The van der Waals surface area contributed by atoms with Gasteiger partial charge in [0.2, 0.25) is 5.91 Å². The number of nitrogens with one attached hydrogen (secondary N) is 1. The van der Waals surface area contributed by atoms with Crippen molar-refractivity contribution in [2.45, 2.75) is 61.6 Å². The first-order valence-electron chi connectivity index (χ1n) is 14.2. The van der Waals surface area contributed by atoms with Gasteiger partial charge in [0, 0.05) is 51.8 Å². The van der Waals surface area contributed by atoms with Crippen molar-refractivity contribution in [1.82, 2.24) is 14.8 Å². The summed E-state index contributed by atoms with van der Waals surface area (Å²) in [7, 11) is 0. The first-order chi connectivity index (χ1) is 22.0. The topological polar surface area (TPSA) is 137 Å². The molecule has 1 aromatic carbocycles. The zero-order chi connectivity index (χ0) is 33.0. The second kappa shape index (κ2) is 16.3. The second-order valence-electron chi connectivity index (χ2n) is 10.6. The van der Waals surface area contributed by atoms with E-state index >= 15 is 0 Å². The lowest BCUT2D eigenvalue weighted by Gasteiger charge is -2.49. The number of imidazole rings is 1. The summed E-state index contributed by atoms with van der Waals surface area (Å²) in [5, 5.41) is 22.3. The smallest absolute Gasteiger partial charge is 0.352 e. The van der Waals surface area contributed by atoms with Crippen LogP contribution in [-0.2, 0) is 38.8 Å². The lowest BCUT2D eigenvalue weighted by Crippen LogP contribution is -2.70. The zero-order valence-corrected chi connectivity index (χ0v) is 28.6. The van der Waals surface area contributed by atoms with Crippen LogP contribution < -0.4 is 14.5 Å². The van der Waals surface area contributed by atoms with Crippen LogP contribution in [0.2, 0.25) is 10.0 Å². The van der Waals surface area contributed by atoms with Gasteiger partial charge < -0.3 is 15.5 Å². The van der Waals surface area contributed by atoms with E-state index in [-0.39, 0.29) is 31.3 Å². The summed E-state index contributed by atoms with van der Waals surface area (Å²) in [5.41, 5.74) is 0.643. The molecule has 2 aromatic heterocycles. The fourth-order valence-corrected chi connectivity index (χ4v) is 8.79. The highest BCUT2D eigenvalue weighted by atomic mass is 35.5. The Morgan fingerprint density at radius 3 is 2.55 bits per heavy atom. The van der Waals surface area contributed by atoms with Gasteiger partial charge in [-0.05, 0) is 23.8 Å². The lowest BCUT2D eigenvalue weighted by atomic mass is 10.0. The molecular weight excluding hydrogens is 705 g/mol. The Kier molecular flexibility index (Phi) is 12.7. The number of aryl methyl sites for hydroxylation is 2. The Morgan fingerprint density at radius 2 is 1.85 bits per heavy atom. The van der Waals surface area contributed by atoms with E-state index in [1.54, 1.807) is 29.0 Å². The molecule has 47 heavy (non-hydrogen) atoms. The highest BCUT2D eigenvalue weighted by Gasteiger charge is 2.54. The number of pyridine rings is 1. The van der Waals surface area contributed by atoms with Crippen LogP contribution in [0.15, 0.2) is 76.2 Å². The molecule has 11 nitrogen and oxygen atoms in total. The van der Waals surface area contributed by atoms with Crippen molar-refractivity contribution in [3.63, 3.8) is 0 Å². The molecule has 5 rings (SSSR count). The molecule has 3 aromatic rings. The molecule has 2 aliphatic heterocycles. The molecule has 1 saturated heterocycles. The van der Waals surface area contributed by atoms with Crippen molar-refractivity contribution < 1.29 is 38.5 Å². The fraction of sp³-hybridized carbons (Fsp3) is 0.355. The number of rotatable bonds is 14.